The highest BCUT2D eigenvalue weighted by Gasteiger charge is 2.37. The average molecular weight is 273 g/mol. The maximum Gasteiger partial charge on any atom is 0.0363 e. The second-order valence-corrected chi connectivity index (χ2v) is 7.15. The van der Waals surface area contributed by atoms with Gasteiger partial charge >= 0.3 is 0 Å². The molecule has 1 aromatic rings. The van der Waals surface area contributed by atoms with Gasteiger partial charge < -0.3 is 15.2 Å². The summed E-state index contributed by atoms with van der Waals surface area (Å²) in [4.78, 5) is 2.65. The molecular weight excluding hydrogens is 246 g/mol. The van der Waals surface area contributed by atoms with E-state index < -0.39 is 0 Å². The van der Waals surface area contributed by atoms with Gasteiger partial charge in [-0.05, 0) is 63.6 Å². The van der Waals surface area contributed by atoms with E-state index in [1.807, 2.05) is 0 Å². The van der Waals surface area contributed by atoms with E-state index in [0.29, 0.717) is 0 Å². The summed E-state index contributed by atoms with van der Waals surface area (Å²) in [5.41, 5.74) is 9.26. The summed E-state index contributed by atoms with van der Waals surface area (Å²) in [6.45, 7) is 0. The van der Waals surface area contributed by atoms with E-state index in [0.717, 1.165) is 24.5 Å². The summed E-state index contributed by atoms with van der Waals surface area (Å²) in [7, 11) is 2.34. The van der Waals surface area contributed by atoms with Crippen molar-refractivity contribution < 1.29 is 0 Å². The molecule has 2 saturated heterocycles. The van der Waals surface area contributed by atoms with E-state index >= 15 is 0 Å². The van der Waals surface area contributed by atoms with E-state index in [4.69, 9.17) is 5.73 Å². The normalized spacial score (nSPS) is 37.7. The van der Waals surface area contributed by atoms with Gasteiger partial charge in [0.1, 0.15) is 0 Å². The fraction of sp³-hybridized carbons (Fsp3) is 0.765. The number of piperidine rings is 2. The fourth-order valence-corrected chi connectivity index (χ4v) is 4.91. The third-order valence-corrected chi connectivity index (χ3v) is 6.10. The highest BCUT2D eigenvalue weighted by molar-refractivity contribution is 5.29. The predicted molar refractivity (Wildman–Crippen MR) is 81.8 cm³/mol. The Morgan fingerprint density at radius 3 is 2.55 bits per heavy atom. The molecule has 0 saturated carbocycles. The quantitative estimate of drug-likeness (QED) is 0.853. The molecule has 3 unspecified atom stereocenters. The lowest BCUT2D eigenvalue weighted by atomic mass is 9.82. The molecule has 2 aliphatic heterocycles. The summed E-state index contributed by atoms with van der Waals surface area (Å²) in [5, 5.41) is 0. The molecule has 3 aliphatic rings. The van der Waals surface area contributed by atoms with E-state index in [1.165, 1.54) is 50.5 Å². The first kappa shape index (κ1) is 12.9. The molecule has 1 aliphatic carbocycles. The minimum absolute atomic E-state index is 0.283. The summed E-state index contributed by atoms with van der Waals surface area (Å²) in [5.74, 6) is 0. The van der Waals surface area contributed by atoms with Crippen LogP contribution >= 0.6 is 0 Å². The Morgan fingerprint density at radius 2 is 1.80 bits per heavy atom. The molecule has 20 heavy (non-hydrogen) atoms. The third kappa shape index (κ3) is 1.94. The highest BCUT2D eigenvalue weighted by Crippen LogP contribution is 2.40. The molecule has 0 spiro atoms. The molecule has 0 amide bonds. The Hall–Kier alpha value is -0.800. The Morgan fingerprint density at radius 1 is 1.05 bits per heavy atom. The van der Waals surface area contributed by atoms with Crippen LogP contribution in [-0.4, -0.2) is 28.6 Å². The first-order valence-corrected chi connectivity index (χ1v) is 8.41. The van der Waals surface area contributed by atoms with Crippen LogP contribution in [0.5, 0.6) is 0 Å². The first-order valence-electron chi connectivity index (χ1n) is 8.41. The van der Waals surface area contributed by atoms with Gasteiger partial charge in [-0.15, -0.1) is 0 Å². The number of hydrogen-bond acceptors (Lipinski definition) is 2. The maximum atomic E-state index is 6.28. The Bertz CT molecular complexity index is 478. The lowest BCUT2D eigenvalue weighted by Crippen LogP contribution is -2.50. The van der Waals surface area contributed by atoms with Crippen LogP contribution in [0.15, 0.2) is 12.3 Å². The van der Waals surface area contributed by atoms with Crippen LogP contribution in [0.4, 0.5) is 0 Å². The van der Waals surface area contributed by atoms with Crippen LogP contribution < -0.4 is 5.73 Å². The minimum Gasteiger partial charge on any atom is -0.348 e. The van der Waals surface area contributed by atoms with Crippen molar-refractivity contribution in [1.82, 2.24) is 9.47 Å². The molecule has 3 heterocycles. The molecule has 3 nitrogen and oxygen atoms in total. The highest BCUT2D eigenvalue weighted by atomic mass is 15.2. The predicted octanol–water partition coefficient (Wildman–Crippen LogP) is 3.01. The third-order valence-electron chi connectivity index (χ3n) is 6.10. The van der Waals surface area contributed by atoms with Crippen molar-refractivity contribution in [2.24, 2.45) is 5.73 Å². The number of fused-ring (bicyclic) bond motifs is 3. The van der Waals surface area contributed by atoms with Crippen LogP contribution in [0.2, 0.25) is 0 Å². The van der Waals surface area contributed by atoms with Crippen molar-refractivity contribution in [2.75, 3.05) is 7.05 Å². The van der Waals surface area contributed by atoms with Crippen molar-refractivity contribution in [3.8, 4) is 0 Å². The van der Waals surface area contributed by atoms with E-state index in [9.17, 15) is 0 Å². The van der Waals surface area contributed by atoms with Crippen LogP contribution in [0.25, 0.3) is 0 Å². The van der Waals surface area contributed by atoms with E-state index in [-0.39, 0.29) is 6.04 Å². The van der Waals surface area contributed by atoms with Gasteiger partial charge in [0, 0.05) is 36.1 Å². The number of nitrogens with zero attached hydrogens (tertiary/aromatic N) is 2. The monoisotopic (exact) mass is 273 g/mol. The second kappa shape index (κ2) is 4.88. The molecule has 2 fully saturated rings. The summed E-state index contributed by atoms with van der Waals surface area (Å²) in [6, 6.07) is 4.92. The Labute approximate surface area is 122 Å². The minimum atomic E-state index is 0.283. The Balaban J connectivity index is 1.62. The van der Waals surface area contributed by atoms with Crippen LogP contribution in [-0.2, 0) is 6.42 Å². The first-order chi connectivity index (χ1) is 9.74. The van der Waals surface area contributed by atoms with Gasteiger partial charge in [-0.25, -0.2) is 0 Å². The molecule has 0 radical (unpaired) electrons. The molecule has 2 N–H and O–H groups in total. The smallest absolute Gasteiger partial charge is 0.0363 e. The van der Waals surface area contributed by atoms with Crippen LogP contribution in [0.1, 0.15) is 68.3 Å². The van der Waals surface area contributed by atoms with Crippen molar-refractivity contribution in [2.45, 2.75) is 75.5 Å². The van der Waals surface area contributed by atoms with E-state index in [1.54, 1.807) is 5.69 Å². The van der Waals surface area contributed by atoms with Gasteiger partial charge in [0.05, 0.1) is 0 Å². The van der Waals surface area contributed by atoms with Gasteiger partial charge in [0.15, 0.2) is 0 Å². The molecule has 4 rings (SSSR count). The SMILES string of the molecule is CN1C2CCCC1CC(n1ccc3c1CCCC3N)C2. The van der Waals surface area contributed by atoms with Gasteiger partial charge in [0.2, 0.25) is 0 Å². The number of hydrogen-bond donors (Lipinski definition) is 1. The number of nitrogens with two attached hydrogens (primary N) is 1. The van der Waals surface area contributed by atoms with Gasteiger partial charge in [-0.2, -0.15) is 0 Å². The molecule has 3 heteroatoms. The number of rotatable bonds is 1. The lowest BCUT2D eigenvalue weighted by molar-refractivity contribution is 0.0393. The largest absolute Gasteiger partial charge is 0.348 e. The molecule has 1 aromatic heterocycles. The van der Waals surface area contributed by atoms with Crippen molar-refractivity contribution in [3.05, 3.63) is 23.5 Å². The van der Waals surface area contributed by atoms with Crippen LogP contribution in [0.3, 0.4) is 0 Å². The zero-order chi connectivity index (χ0) is 13.7. The Kier molecular flexibility index (Phi) is 3.15. The van der Waals surface area contributed by atoms with Crippen molar-refractivity contribution in [1.29, 1.82) is 0 Å². The molecule has 110 valence electrons. The van der Waals surface area contributed by atoms with Crippen molar-refractivity contribution >= 4 is 0 Å². The van der Waals surface area contributed by atoms with Gasteiger partial charge in [-0.3, -0.25) is 0 Å². The molecule has 3 atom stereocenters. The summed E-state index contributed by atoms with van der Waals surface area (Å²) >= 11 is 0. The summed E-state index contributed by atoms with van der Waals surface area (Å²) < 4.78 is 2.60. The number of aromatic nitrogens is 1. The molecular formula is C17H27N3. The standard InChI is InChI=1S/C17H27N3/c1-19-12-4-2-5-13(19)11-14(10-12)20-9-8-15-16(18)6-3-7-17(15)20/h8-9,12-14,16H,2-7,10-11,18H2,1H3. The maximum absolute atomic E-state index is 6.28. The van der Waals surface area contributed by atoms with E-state index in [2.05, 4.69) is 28.8 Å². The lowest BCUT2D eigenvalue weighted by Gasteiger charge is -2.47. The fourth-order valence-electron chi connectivity index (χ4n) is 4.91. The second-order valence-electron chi connectivity index (χ2n) is 7.15. The topological polar surface area (TPSA) is 34.2 Å². The summed E-state index contributed by atoms with van der Waals surface area (Å²) in [6.07, 6.45) is 12.9. The average Bonchev–Trinajstić information content (AvgIpc) is 2.84. The zero-order valence-electron chi connectivity index (χ0n) is 12.6. The van der Waals surface area contributed by atoms with Gasteiger partial charge in [0.25, 0.3) is 0 Å². The zero-order valence-corrected chi connectivity index (χ0v) is 12.6. The van der Waals surface area contributed by atoms with Crippen LogP contribution in [0, 0.1) is 0 Å². The van der Waals surface area contributed by atoms with Crippen molar-refractivity contribution in [3.63, 3.8) is 0 Å². The molecule has 2 bridgehead atoms. The van der Waals surface area contributed by atoms with Gasteiger partial charge in [-0.1, -0.05) is 6.42 Å². The molecule has 0 aromatic carbocycles.